The van der Waals surface area contributed by atoms with Gasteiger partial charge < -0.3 is 0 Å². The van der Waals surface area contributed by atoms with Gasteiger partial charge in [0.1, 0.15) is 0 Å². The molecule has 2 atom stereocenters. The highest BCUT2D eigenvalue weighted by atomic mass is 14.4. The lowest BCUT2D eigenvalue weighted by atomic mass is 9.67. The number of allylic oxidation sites excluding steroid dienone is 10. The second-order valence-corrected chi connectivity index (χ2v) is 6.48. The first-order valence-corrected chi connectivity index (χ1v) is 7.40. The summed E-state index contributed by atoms with van der Waals surface area (Å²) in [6.45, 7) is 11.4. The van der Waals surface area contributed by atoms with Crippen LogP contribution in [0, 0.1) is 17.3 Å². The molecule has 102 valence electrons. The summed E-state index contributed by atoms with van der Waals surface area (Å²) < 4.78 is 0. The van der Waals surface area contributed by atoms with Crippen molar-refractivity contribution in [2.75, 3.05) is 0 Å². The minimum Gasteiger partial charge on any atom is -0.0854 e. The van der Waals surface area contributed by atoms with E-state index in [0.29, 0.717) is 11.8 Å². The van der Waals surface area contributed by atoms with Crippen molar-refractivity contribution in [2.24, 2.45) is 17.3 Å². The van der Waals surface area contributed by atoms with Crippen LogP contribution in [-0.4, -0.2) is 0 Å². The van der Waals surface area contributed by atoms with E-state index in [9.17, 15) is 0 Å². The number of hydrogen-bond acceptors (Lipinski definition) is 0. The molecular formula is C19H26. The molecule has 0 saturated carbocycles. The van der Waals surface area contributed by atoms with Crippen LogP contribution in [0.15, 0.2) is 59.3 Å². The van der Waals surface area contributed by atoms with Gasteiger partial charge in [-0.05, 0) is 41.9 Å². The minimum atomic E-state index is 0.198. The lowest BCUT2D eigenvalue weighted by molar-refractivity contribution is 0.506. The number of hydrogen-bond donors (Lipinski definition) is 0. The van der Waals surface area contributed by atoms with Gasteiger partial charge in [0.25, 0.3) is 0 Å². The van der Waals surface area contributed by atoms with Crippen LogP contribution in [0.5, 0.6) is 0 Å². The Bertz CT molecular complexity index is 494. The van der Waals surface area contributed by atoms with E-state index in [0.717, 1.165) is 6.42 Å². The summed E-state index contributed by atoms with van der Waals surface area (Å²) in [6, 6.07) is 0. The Labute approximate surface area is 118 Å². The molecule has 0 spiro atoms. The first-order valence-electron chi connectivity index (χ1n) is 7.40. The molecule has 0 aliphatic heterocycles. The van der Waals surface area contributed by atoms with E-state index >= 15 is 0 Å². The molecule has 0 saturated heterocycles. The first-order chi connectivity index (χ1) is 8.94. The molecule has 0 aromatic heterocycles. The van der Waals surface area contributed by atoms with Crippen LogP contribution >= 0.6 is 0 Å². The molecular weight excluding hydrogens is 228 g/mol. The summed E-state index contributed by atoms with van der Waals surface area (Å²) in [5.41, 5.74) is 4.64. The van der Waals surface area contributed by atoms with Gasteiger partial charge >= 0.3 is 0 Å². The second-order valence-electron chi connectivity index (χ2n) is 6.48. The molecule has 0 aromatic rings. The summed E-state index contributed by atoms with van der Waals surface area (Å²) in [7, 11) is 0. The fraction of sp³-hybridized carbons (Fsp3) is 0.474. The molecule has 0 bridgehead atoms. The Morgan fingerprint density at radius 1 is 1.21 bits per heavy atom. The van der Waals surface area contributed by atoms with Gasteiger partial charge in [0.2, 0.25) is 0 Å². The highest BCUT2D eigenvalue weighted by molar-refractivity contribution is 5.54. The largest absolute Gasteiger partial charge is 0.0854 e. The molecule has 0 amide bonds. The molecule has 2 rings (SSSR count). The summed E-state index contributed by atoms with van der Waals surface area (Å²) in [5, 5.41) is 0. The molecule has 0 N–H and O–H groups in total. The summed E-state index contributed by atoms with van der Waals surface area (Å²) >= 11 is 0. The predicted molar refractivity (Wildman–Crippen MR) is 84.9 cm³/mol. The van der Waals surface area contributed by atoms with Gasteiger partial charge in [-0.3, -0.25) is 0 Å². The molecule has 0 aromatic carbocycles. The third kappa shape index (κ3) is 2.83. The van der Waals surface area contributed by atoms with Gasteiger partial charge in [0.05, 0.1) is 0 Å². The molecule has 19 heavy (non-hydrogen) atoms. The molecule has 0 heterocycles. The zero-order valence-corrected chi connectivity index (χ0v) is 12.9. The van der Waals surface area contributed by atoms with E-state index in [1.807, 2.05) is 0 Å². The van der Waals surface area contributed by atoms with Gasteiger partial charge in [-0.15, -0.1) is 0 Å². The van der Waals surface area contributed by atoms with Crippen molar-refractivity contribution in [3.63, 3.8) is 0 Å². The fourth-order valence-corrected chi connectivity index (χ4v) is 3.03. The molecule has 2 unspecified atom stereocenters. The molecule has 0 nitrogen and oxygen atoms in total. The van der Waals surface area contributed by atoms with E-state index in [-0.39, 0.29) is 5.41 Å². The summed E-state index contributed by atoms with van der Waals surface area (Å²) in [4.78, 5) is 0. The molecule has 2 aliphatic rings. The third-order valence-corrected chi connectivity index (χ3v) is 4.21. The van der Waals surface area contributed by atoms with Crippen molar-refractivity contribution in [3.05, 3.63) is 59.3 Å². The van der Waals surface area contributed by atoms with Gasteiger partial charge in [-0.25, -0.2) is 0 Å². The van der Waals surface area contributed by atoms with Gasteiger partial charge in [-0.2, -0.15) is 0 Å². The fourth-order valence-electron chi connectivity index (χ4n) is 3.03. The highest BCUT2D eigenvalue weighted by Crippen LogP contribution is 2.46. The lowest BCUT2D eigenvalue weighted by Gasteiger charge is -2.37. The Balaban J connectivity index is 2.39. The molecule has 0 heteroatoms. The number of fused-ring (bicyclic) bond motifs is 1. The van der Waals surface area contributed by atoms with E-state index in [2.05, 4.69) is 77.2 Å². The first kappa shape index (κ1) is 14.1. The van der Waals surface area contributed by atoms with Gasteiger partial charge in [0, 0.05) is 5.41 Å². The van der Waals surface area contributed by atoms with Crippen molar-refractivity contribution >= 4 is 0 Å². The van der Waals surface area contributed by atoms with Crippen molar-refractivity contribution in [2.45, 2.75) is 41.0 Å². The zero-order valence-electron chi connectivity index (χ0n) is 12.9. The highest BCUT2D eigenvalue weighted by Gasteiger charge is 2.33. The number of rotatable bonds is 3. The smallest absolute Gasteiger partial charge is 0.0144 e. The van der Waals surface area contributed by atoms with Crippen molar-refractivity contribution in [3.8, 4) is 0 Å². The normalized spacial score (nSPS) is 28.0. The summed E-state index contributed by atoms with van der Waals surface area (Å²) in [6.07, 6.45) is 17.3. The predicted octanol–water partition coefficient (Wildman–Crippen LogP) is 5.61. The Kier molecular flexibility index (Phi) is 3.99. The standard InChI is InChI=1S/C19H26/c1-14(2)9-10-15(3)18-16(4)11-13-19(5)12-7-6-8-17(18)19/h6-11,13-15H,12H2,1-5H3/b10-9+. The van der Waals surface area contributed by atoms with Crippen molar-refractivity contribution in [1.82, 2.24) is 0 Å². The van der Waals surface area contributed by atoms with Crippen LogP contribution in [0.4, 0.5) is 0 Å². The summed E-state index contributed by atoms with van der Waals surface area (Å²) in [5.74, 6) is 1.11. The average Bonchev–Trinajstić information content (AvgIpc) is 2.36. The van der Waals surface area contributed by atoms with E-state index in [1.165, 1.54) is 16.7 Å². The monoisotopic (exact) mass is 254 g/mol. The van der Waals surface area contributed by atoms with Crippen molar-refractivity contribution in [1.29, 1.82) is 0 Å². The van der Waals surface area contributed by atoms with Crippen molar-refractivity contribution < 1.29 is 0 Å². The van der Waals surface area contributed by atoms with E-state index < -0.39 is 0 Å². The van der Waals surface area contributed by atoms with Gasteiger partial charge in [0.15, 0.2) is 0 Å². The minimum absolute atomic E-state index is 0.198. The Hall–Kier alpha value is -1.30. The van der Waals surface area contributed by atoms with Gasteiger partial charge in [-0.1, -0.05) is 70.2 Å². The maximum Gasteiger partial charge on any atom is 0.0144 e. The van der Waals surface area contributed by atoms with E-state index in [1.54, 1.807) is 0 Å². The van der Waals surface area contributed by atoms with Crippen LogP contribution < -0.4 is 0 Å². The zero-order chi connectivity index (χ0) is 14.0. The Morgan fingerprint density at radius 2 is 1.95 bits per heavy atom. The second kappa shape index (κ2) is 5.36. The van der Waals surface area contributed by atoms with Crippen LogP contribution in [0.25, 0.3) is 0 Å². The van der Waals surface area contributed by atoms with Crippen LogP contribution in [0.1, 0.15) is 41.0 Å². The van der Waals surface area contributed by atoms with E-state index in [4.69, 9.17) is 0 Å². The molecule has 0 fully saturated rings. The average molecular weight is 254 g/mol. The maximum atomic E-state index is 2.38. The maximum absolute atomic E-state index is 2.38. The van der Waals surface area contributed by atoms with Crippen LogP contribution in [0.3, 0.4) is 0 Å². The quantitative estimate of drug-likeness (QED) is 0.574. The lowest BCUT2D eigenvalue weighted by Crippen LogP contribution is -2.24. The molecule has 2 aliphatic carbocycles. The van der Waals surface area contributed by atoms with Crippen LogP contribution in [0.2, 0.25) is 0 Å². The molecule has 0 radical (unpaired) electrons. The van der Waals surface area contributed by atoms with Crippen LogP contribution in [-0.2, 0) is 0 Å². The Morgan fingerprint density at radius 3 is 2.63 bits per heavy atom. The SMILES string of the molecule is CC1=C(C(C)/C=C/C(C)C)C2=CC=CCC2(C)C=C1. The topological polar surface area (TPSA) is 0 Å². The third-order valence-electron chi connectivity index (χ3n) is 4.21.